The molecule has 22 heavy (non-hydrogen) atoms. The zero-order valence-corrected chi connectivity index (χ0v) is 13.0. The van der Waals surface area contributed by atoms with Crippen molar-refractivity contribution in [3.8, 4) is 0 Å². The van der Waals surface area contributed by atoms with Gasteiger partial charge in [0.2, 0.25) is 0 Å². The van der Waals surface area contributed by atoms with Crippen LogP contribution in [-0.4, -0.2) is 16.5 Å². The highest BCUT2D eigenvalue weighted by atomic mass is 16.3. The first kappa shape index (κ1) is 14.8. The fraction of sp³-hybridized carbons (Fsp3) is 0.444. The van der Waals surface area contributed by atoms with Crippen LogP contribution in [-0.2, 0) is 6.42 Å². The molecule has 1 fully saturated rings. The molecule has 4 nitrogen and oxygen atoms in total. The quantitative estimate of drug-likeness (QED) is 0.869. The Morgan fingerprint density at radius 2 is 2.05 bits per heavy atom. The van der Waals surface area contributed by atoms with Crippen LogP contribution in [0, 0.1) is 0 Å². The lowest BCUT2D eigenvalue weighted by molar-refractivity contribution is 0.0925. The van der Waals surface area contributed by atoms with Crippen LogP contribution in [0.5, 0.6) is 0 Å². The number of hydrogen-bond acceptors (Lipinski definition) is 3. The molecular formula is C18H22N2O2. The van der Waals surface area contributed by atoms with Gasteiger partial charge in [-0.05, 0) is 37.1 Å². The minimum atomic E-state index is -0.158. The number of aryl methyl sites for hydroxylation is 1. The number of rotatable bonds is 3. The Morgan fingerprint density at radius 3 is 2.77 bits per heavy atom. The fourth-order valence-electron chi connectivity index (χ4n) is 2.91. The van der Waals surface area contributed by atoms with E-state index < -0.39 is 0 Å². The highest BCUT2D eigenvalue weighted by molar-refractivity contribution is 5.93. The second-order valence-corrected chi connectivity index (χ2v) is 5.77. The predicted molar refractivity (Wildman–Crippen MR) is 84.7 cm³/mol. The molecule has 0 amide bonds. The van der Waals surface area contributed by atoms with Gasteiger partial charge in [0, 0.05) is 12.6 Å². The highest BCUT2D eigenvalue weighted by Gasteiger charge is 2.15. The van der Waals surface area contributed by atoms with Crippen molar-refractivity contribution in [2.24, 2.45) is 4.99 Å². The van der Waals surface area contributed by atoms with E-state index in [2.05, 4.69) is 0 Å². The van der Waals surface area contributed by atoms with Crippen molar-refractivity contribution in [3.63, 3.8) is 0 Å². The molecule has 0 saturated heterocycles. The maximum atomic E-state index is 12.6. The number of carbonyl (C=O) groups is 1. The van der Waals surface area contributed by atoms with Gasteiger partial charge in [0.05, 0.1) is 6.04 Å². The van der Waals surface area contributed by atoms with Crippen LogP contribution in [0.2, 0.25) is 0 Å². The van der Waals surface area contributed by atoms with Gasteiger partial charge in [-0.25, -0.2) is 0 Å². The van der Waals surface area contributed by atoms with Crippen molar-refractivity contribution < 1.29 is 9.21 Å². The normalized spacial score (nSPS) is 16.9. The maximum absolute atomic E-state index is 12.6. The van der Waals surface area contributed by atoms with Gasteiger partial charge in [-0.2, -0.15) is 0 Å². The molecule has 1 saturated carbocycles. The summed E-state index contributed by atoms with van der Waals surface area (Å²) in [5.74, 6) is 1.04. The second-order valence-electron chi connectivity index (χ2n) is 5.77. The van der Waals surface area contributed by atoms with E-state index in [9.17, 15) is 4.79 Å². The van der Waals surface area contributed by atoms with E-state index in [4.69, 9.17) is 9.41 Å². The van der Waals surface area contributed by atoms with E-state index in [1.165, 1.54) is 19.3 Å². The van der Waals surface area contributed by atoms with Crippen molar-refractivity contribution in [1.82, 2.24) is 4.57 Å². The first-order valence-corrected chi connectivity index (χ1v) is 8.13. The predicted octanol–water partition coefficient (Wildman–Crippen LogP) is 3.57. The number of aromatic nitrogens is 1. The highest BCUT2D eigenvalue weighted by Crippen LogP contribution is 2.19. The minimum Gasteiger partial charge on any atom is -0.456 e. The third kappa shape index (κ3) is 3.21. The van der Waals surface area contributed by atoms with Gasteiger partial charge < -0.3 is 4.42 Å². The molecule has 2 aromatic rings. The van der Waals surface area contributed by atoms with Crippen LogP contribution in [0.25, 0.3) is 0 Å². The average molecular weight is 298 g/mol. The van der Waals surface area contributed by atoms with Gasteiger partial charge in [0.1, 0.15) is 11.2 Å². The van der Waals surface area contributed by atoms with Crippen LogP contribution < -0.4 is 5.49 Å². The van der Waals surface area contributed by atoms with Gasteiger partial charge in [0.15, 0.2) is 5.76 Å². The summed E-state index contributed by atoms with van der Waals surface area (Å²) in [6, 6.07) is 9.60. The average Bonchev–Trinajstić information content (AvgIpc) is 3.05. The molecule has 4 heteroatoms. The van der Waals surface area contributed by atoms with E-state index in [1.54, 1.807) is 16.8 Å². The van der Waals surface area contributed by atoms with Crippen LogP contribution >= 0.6 is 0 Å². The molecule has 0 atom stereocenters. The maximum Gasteiger partial charge on any atom is 0.299 e. The van der Waals surface area contributed by atoms with E-state index in [-0.39, 0.29) is 5.91 Å². The molecular weight excluding hydrogens is 276 g/mol. The van der Waals surface area contributed by atoms with Gasteiger partial charge in [-0.3, -0.25) is 14.4 Å². The van der Waals surface area contributed by atoms with Crippen LogP contribution in [0.1, 0.15) is 55.3 Å². The summed E-state index contributed by atoms with van der Waals surface area (Å²) >= 11 is 0. The number of nitrogens with zero attached hydrogens (tertiary/aromatic N) is 2. The van der Waals surface area contributed by atoms with Crippen molar-refractivity contribution in [3.05, 3.63) is 53.5 Å². The molecule has 3 rings (SSSR count). The number of furan rings is 1. The Hall–Kier alpha value is -2.10. The molecule has 0 unspecified atom stereocenters. The number of hydrogen-bond donors (Lipinski definition) is 0. The number of carbonyl (C=O) groups excluding carboxylic acids is 1. The molecule has 2 heterocycles. The summed E-state index contributed by atoms with van der Waals surface area (Å²) in [7, 11) is 0. The molecule has 116 valence electrons. The summed E-state index contributed by atoms with van der Waals surface area (Å²) in [5.41, 5.74) is 0.717. The van der Waals surface area contributed by atoms with E-state index in [0.717, 1.165) is 25.0 Å². The molecule has 0 spiro atoms. The SMILES string of the molecule is CCc1ccc(C(=O)n2ccccc2=NC2CCCCC2)o1. The molecule has 0 bridgehead atoms. The topological polar surface area (TPSA) is 47.5 Å². The van der Waals surface area contributed by atoms with E-state index >= 15 is 0 Å². The zero-order valence-electron chi connectivity index (χ0n) is 13.0. The van der Waals surface area contributed by atoms with Crippen molar-refractivity contribution in [1.29, 1.82) is 0 Å². The largest absolute Gasteiger partial charge is 0.456 e. The second kappa shape index (κ2) is 6.77. The molecule has 0 aromatic carbocycles. The smallest absolute Gasteiger partial charge is 0.299 e. The molecule has 0 N–H and O–H groups in total. The Bertz CT molecular complexity index is 706. The minimum absolute atomic E-state index is 0.158. The summed E-state index contributed by atoms with van der Waals surface area (Å²) in [6.07, 6.45) is 8.53. The molecule has 0 aliphatic heterocycles. The molecule has 1 aliphatic rings. The lowest BCUT2D eigenvalue weighted by atomic mass is 9.96. The van der Waals surface area contributed by atoms with Crippen LogP contribution in [0.4, 0.5) is 0 Å². The van der Waals surface area contributed by atoms with Crippen LogP contribution in [0.3, 0.4) is 0 Å². The summed E-state index contributed by atoms with van der Waals surface area (Å²) in [5, 5.41) is 0. The summed E-state index contributed by atoms with van der Waals surface area (Å²) < 4.78 is 7.17. The Balaban J connectivity index is 1.93. The Labute approximate surface area is 130 Å². The van der Waals surface area contributed by atoms with E-state index in [1.807, 2.05) is 31.2 Å². The van der Waals surface area contributed by atoms with Crippen molar-refractivity contribution >= 4 is 5.91 Å². The fourth-order valence-corrected chi connectivity index (χ4v) is 2.91. The van der Waals surface area contributed by atoms with Gasteiger partial charge in [0.25, 0.3) is 5.91 Å². The Kier molecular flexibility index (Phi) is 4.56. The van der Waals surface area contributed by atoms with Gasteiger partial charge >= 0.3 is 0 Å². The lowest BCUT2D eigenvalue weighted by Crippen LogP contribution is -2.29. The molecule has 0 radical (unpaired) electrons. The molecule has 1 aliphatic carbocycles. The van der Waals surface area contributed by atoms with E-state index in [0.29, 0.717) is 17.3 Å². The van der Waals surface area contributed by atoms with Gasteiger partial charge in [-0.15, -0.1) is 0 Å². The van der Waals surface area contributed by atoms with Gasteiger partial charge in [-0.1, -0.05) is 32.3 Å². The summed E-state index contributed by atoms with van der Waals surface area (Å²) in [4.78, 5) is 17.4. The summed E-state index contributed by atoms with van der Waals surface area (Å²) in [6.45, 7) is 2.01. The standard InChI is InChI=1S/C18H22N2O2/c1-2-15-11-12-16(22-15)18(21)20-13-7-6-10-17(20)19-14-8-4-3-5-9-14/h6-7,10-14H,2-5,8-9H2,1H3. The first-order valence-electron chi connectivity index (χ1n) is 8.13. The third-order valence-corrected chi connectivity index (χ3v) is 4.17. The zero-order chi connectivity index (χ0) is 15.4. The third-order valence-electron chi connectivity index (χ3n) is 4.17. The van der Waals surface area contributed by atoms with Crippen LogP contribution in [0.15, 0.2) is 45.9 Å². The first-order chi connectivity index (χ1) is 10.8. The Morgan fingerprint density at radius 1 is 1.23 bits per heavy atom. The molecule has 2 aromatic heterocycles. The monoisotopic (exact) mass is 298 g/mol. The van der Waals surface area contributed by atoms with Crippen molar-refractivity contribution in [2.75, 3.05) is 0 Å². The van der Waals surface area contributed by atoms with Crippen molar-refractivity contribution in [2.45, 2.75) is 51.5 Å². The lowest BCUT2D eigenvalue weighted by Gasteiger charge is -2.17. The number of pyridine rings is 1.